The van der Waals surface area contributed by atoms with Gasteiger partial charge in [-0.1, -0.05) is 0 Å². The van der Waals surface area contributed by atoms with Crippen LogP contribution in [0.1, 0.15) is 47.0 Å². The Morgan fingerprint density at radius 2 is 1.87 bits per heavy atom. The van der Waals surface area contributed by atoms with E-state index in [0.29, 0.717) is 6.42 Å². The van der Waals surface area contributed by atoms with Crippen molar-refractivity contribution in [3.05, 3.63) is 0 Å². The van der Waals surface area contributed by atoms with Crippen LogP contribution in [0.3, 0.4) is 0 Å². The van der Waals surface area contributed by atoms with Crippen LogP contribution < -0.4 is 0 Å². The normalized spacial score (nSPS) is 34.1. The fraction of sp³-hybridized carbons (Fsp3) is 0.833. The molecule has 0 aromatic rings. The van der Waals surface area contributed by atoms with E-state index in [1.165, 1.54) is 0 Å². The topological polar surface area (TPSA) is 37.4 Å². The number of ketones is 1. The summed E-state index contributed by atoms with van der Waals surface area (Å²) in [5, 5.41) is 0. The summed E-state index contributed by atoms with van der Waals surface area (Å²) in [6.07, 6.45) is 2.21. The molecule has 2 fully saturated rings. The van der Waals surface area contributed by atoms with E-state index in [0.717, 1.165) is 12.8 Å². The zero-order chi connectivity index (χ0) is 11.4. The maximum atomic E-state index is 12.2. The fourth-order valence-corrected chi connectivity index (χ4v) is 3.49. The number of likely N-dealkylation sites (tertiary alicyclic amines) is 1. The molecular formula is C12H19NO2. The zero-order valence-electron chi connectivity index (χ0n) is 9.96. The highest BCUT2D eigenvalue weighted by Gasteiger charge is 2.71. The number of Topliss-reactive ketones (excluding diaryl/α,β-unsaturated/α-hetero) is 1. The predicted molar refractivity (Wildman–Crippen MR) is 57.4 cm³/mol. The van der Waals surface area contributed by atoms with Crippen molar-refractivity contribution in [2.45, 2.75) is 58.5 Å². The van der Waals surface area contributed by atoms with Gasteiger partial charge >= 0.3 is 0 Å². The standard InChI is InChI=1S/C12H19NO2/c1-8(2)13-10(15)12(11(13,3)4)7-5-6-9(12)14/h8H,5-7H2,1-4H3. The molecule has 1 saturated carbocycles. The van der Waals surface area contributed by atoms with E-state index in [9.17, 15) is 9.59 Å². The van der Waals surface area contributed by atoms with Crippen molar-refractivity contribution in [3.8, 4) is 0 Å². The van der Waals surface area contributed by atoms with Crippen molar-refractivity contribution in [1.82, 2.24) is 4.90 Å². The van der Waals surface area contributed by atoms with Crippen molar-refractivity contribution in [2.75, 3.05) is 0 Å². The van der Waals surface area contributed by atoms with Gasteiger partial charge in [0.05, 0.1) is 5.54 Å². The summed E-state index contributed by atoms with van der Waals surface area (Å²) in [5.41, 5.74) is -0.955. The molecule has 15 heavy (non-hydrogen) atoms. The Hall–Kier alpha value is -0.860. The molecule has 0 N–H and O–H groups in total. The first kappa shape index (κ1) is 10.7. The molecule has 1 unspecified atom stereocenters. The van der Waals surface area contributed by atoms with E-state index < -0.39 is 5.41 Å². The van der Waals surface area contributed by atoms with E-state index in [2.05, 4.69) is 0 Å². The van der Waals surface area contributed by atoms with Crippen LogP contribution in [0, 0.1) is 5.41 Å². The molecule has 3 heteroatoms. The minimum absolute atomic E-state index is 0.0602. The number of amides is 1. The lowest BCUT2D eigenvalue weighted by atomic mass is 9.59. The van der Waals surface area contributed by atoms with Crippen LogP contribution in [0.5, 0.6) is 0 Å². The van der Waals surface area contributed by atoms with Gasteiger partial charge in [-0.25, -0.2) is 0 Å². The van der Waals surface area contributed by atoms with Gasteiger partial charge in [0.2, 0.25) is 5.91 Å². The third-order valence-electron chi connectivity index (χ3n) is 4.18. The summed E-state index contributed by atoms with van der Waals surface area (Å²) in [5.74, 6) is 0.222. The van der Waals surface area contributed by atoms with E-state index in [4.69, 9.17) is 0 Å². The Labute approximate surface area is 90.8 Å². The van der Waals surface area contributed by atoms with Gasteiger partial charge in [-0.2, -0.15) is 0 Å². The lowest BCUT2D eigenvalue weighted by Gasteiger charge is -2.62. The van der Waals surface area contributed by atoms with Gasteiger partial charge < -0.3 is 4.90 Å². The van der Waals surface area contributed by atoms with Crippen LogP contribution >= 0.6 is 0 Å². The van der Waals surface area contributed by atoms with Gasteiger partial charge in [-0.05, 0) is 40.5 Å². The fourth-order valence-electron chi connectivity index (χ4n) is 3.49. The largest absolute Gasteiger partial charge is 0.333 e. The second-order valence-electron chi connectivity index (χ2n) is 5.51. The quantitative estimate of drug-likeness (QED) is 0.487. The summed E-state index contributed by atoms with van der Waals surface area (Å²) in [6, 6.07) is 0.187. The van der Waals surface area contributed by atoms with Crippen LogP contribution in [-0.4, -0.2) is 28.2 Å². The molecule has 0 aromatic heterocycles. The molecule has 2 rings (SSSR count). The molecule has 0 radical (unpaired) electrons. The molecule has 1 atom stereocenters. The molecule has 1 heterocycles. The predicted octanol–water partition coefficient (Wildman–Crippen LogP) is 1.75. The Morgan fingerprint density at radius 3 is 2.20 bits per heavy atom. The zero-order valence-corrected chi connectivity index (χ0v) is 9.96. The average Bonchev–Trinajstić information content (AvgIpc) is 2.48. The maximum Gasteiger partial charge on any atom is 0.239 e. The Kier molecular flexibility index (Phi) is 2.01. The average molecular weight is 209 g/mol. The number of nitrogens with zero attached hydrogens (tertiary/aromatic N) is 1. The molecule has 1 aliphatic carbocycles. The van der Waals surface area contributed by atoms with E-state index in [1.54, 1.807) is 0 Å². The first-order valence-electron chi connectivity index (χ1n) is 5.73. The SMILES string of the molecule is CC(C)N1C(=O)C2(CCCC2=O)C1(C)C. The number of β-lactam (4-membered cyclic amide) rings is 1. The Bertz CT molecular complexity index is 333. The van der Waals surface area contributed by atoms with Crippen LogP contribution in [0.4, 0.5) is 0 Å². The molecule has 2 aliphatic rings. The van der Waals surface area contributed by atoms with Crippen molar-refractivity contribution in [2.24, 2.45) is 5.41 Å². The third kappa shape index (κ3) is 0.963. The second-order valence-corrected chi connectivity index (χ2v) is 5.51. The molecular weight excluding hydrogens is 190 g/mol. The van der Waals surface area contributed by atoms with Gasteiger partial charge in [0.1, 0.15) is 5.41 Å². The summed E-state index contributed by atoms with van der Waals surface area (Å²) in [7, 11) is 0. The summed E-state index contributed by atoms with van der Waals surface area (Å²) in [6.45, 7) is 8.06. The molecule has 3 nitrogen and oxygen atoms in total. The third-order valence-corrected chi connectivity index (χ3v) is 4.18. The molecule has 0 aromatic carbocycles. The van der Waals surface area contributed by atoms with E-state index in [1.807, 2.05) is 32.6 Å². The van der Waals surface area contributed by atoms with Gasteiger partial charge in [0.15, 0.2) is 5.78 Å². The monoisotopic (exact) mass is 209 g/mol. The molecule has 84 valence electrons. The van der Waals surface area contributed by atoms with Crippen LogP contribution in [0.25, 0.3) is 0 Å². The smallest absolute Gasteiger partial charge is 0.239 e. The van der Waals surface area contributed by atoms with Gasteiger partial charge in [-0.15, -0.1) is 0 Å². The molecule has 1 aliphatic heterocycles. The van der Waals surface area contributed by atoms with Crippen molar-refractivity contribution in [3.63, 3.8) is 0 Å². The first-order valence-corrected chi connectivity index (χ1v) is 5.73. The number of rotatable bonds is 1. The number of hydrogen-bond donors (Lipinski definition) is 0. The highest BCUT2D eigenvalue weighted by molar-refractivity contribution is 6.13. The highest BCUT2D eigenvalue weighted by Crippen LogP contribution is 2.56. The molecule has 1 amide bonds. The second kappa shape index (κ2) is 2.83. The van der Waals surface area contributed by atoms with Crippen LogP contribution in [0.15, 0.2) is 0 Å². The maximum absolute atomic E-state index is 12.2. The lowest BCUT2D eigenvalue weighted by Crippen LogP contribution is -2.78. The Morgan fingerprint density at radius 1 is 1.27 bits per heavy atom. The van der Waals surface area contributed by atoms with Crippen LogP contribution in [-0.2, 0) is 9.59 Å². The summed E-state index contributed by atoms with van der Waals surface area (Å²) in [4.78, 5) is 25.9. The number of carbonyl (C=O) groups is 2. The highest BCUT2D eigenvalue weighted by atomic mass is 16.2. The first-order chi connectivity index (χ1) is 6.85. The number of carbonyl (C=O) groups excluding carboxylic acids is 2. The van der Waals surface area contributed by atoms with Gasteiger partial charge in [-0.3, -0.25) is 9.59 Å². The van der Waals surface area contributed by atoms with Crippen molar-refractivity contribution >= 4 is 11.7 Å². The summed E-state index contributed by atoms with van der Waals surface area (Å²) >= 11 is 0. The Balaban J connectivity index is 2.39. The van der Waals surface area contributed by atoms with E-state index in [-0.39, 0.29) is 23.3 Å². The van der Waals surface area contributed by atoms with Crippen LogP contribution in [0.2, 0.25) is 0 Å². The minimum atomic E-state index is -0.669. The van der Waals surface area contributed by atoms with Crippen molar-refractivity contribution in [1.29, 1.82) is 0 Å². The molecule has 1 spiro atoms. The van der Waals surface area contributed by atoms with Crippen molar-refractivity contribution < 1.29 is 9.59 Å². The molecule has 0 bridgehead atoms. The molecule has 1 saturated heterocycles. The van der Waals surface area contributed by atoms with E-state index >= 15 is 0 Å². The minimum Gasteiger partial charge on any atom is -0.333 e. The number of hydrogen-bond acceptors (Lipinski definition) is 2. The van der Waals surface area contributed by atoms with Gasteiger partial charge in [0, 0.05) is 12.5 Å². The lowest BCUT2D eigenvalue weighted by molar-refractivity contribution is -0.193. The summed E-state index contributed by atoms with van der Waals surface area (Å²) < 4.78 is 0. The van der Waals surface area contributed by atoms with Gasteiger partial charge in [0.25, 0.3) is 0 Å².